The summed E-state index contributed by atoms with van der Waals surface area (Å²) in [4.78, 5) is 36.8. The fourth-order valence-electron chi connectivity index (χ4n) is 3.49. The van der Waals surface area contributed by atoms with E-state index in [9.17, 15) is 32.5 Å². The molecule has 0 aliphatic heterocycles. The number of carbonyl (C=O) groups excluding carboxylic acids is 2. The first-order valence-corrected chi connectivity index (χ1v) is 10.3. The Labute approximate surface area is 204 Å². The summed E-state index contributed by atoms with van der Waals surface area (Å²) in [6.07, 6.45) is 0. The third-order valence-electron chi connectivity index (χ3n) is 4.87. The van der Waals surface area contributed by atoms with Gasteiger partial charge in [-0.1, -0.05) is 30.3 Å². The van der Waals surface area contributed by atoms with Gasteiger partial charge in [-0.05, 0) is 24.3 Å². The second-order valence-electron chi connectivity index (χ2n) is 6.78. The van der Waals surface area contributed by atoms with Gasteiger partial charge in [0.25, 0.3) is 10.1 Å². The zero-order chi connectivity index (χ0) is 22.5. The number of nitrogens with two attached hydrogens (primary N) is 1. The topological polar surface area (TPSA) is 164 Å². The van der Waals surface area contributed by atoms with Crippen LogP contribution in [-0.4, -0.2) is 65.2 Å². The van der Waals surface area contributed by atoms with Crippen molar-refractivity contribution in [1.82, 2.24) is 0 Å². The van der Waals surface area contributed by atoms with Crippen LogP contribution in [0.15, 0.2) is 59.5 Å². The average Bonchev–Trinajstić information content (AvgIpc) is 2.72. The maximum absolute atomic E-state index is 13.2. The molecule has 4 rings (SSSR count). The summed E-state index contributed by atoms with van der Waals surface area (Å²) in [6, 6.07) is 12.5. The minimum atomic E-state index is -4.84. The number of fused-ring (bicyclic) bond motifs is 2. The first-order valence-electron chi connectivity index (χ1n) is 8.82. The van der Waals surface area contributed by atoms with Crippen molar-refractivity contribution in [1.29, 1.82) is 0 Å². The van der Waals surface area contributed by atoms with Gasteiger partial charge in [-0.15, -0.1) is 0 Å². The summed E-state index contributed by atoms with van der Waals surface area (Å²) in [6.45, 7) is 0. The second kappa shape index (κ2) is 8.49. The van der Waals surface area contributed by atoms with Crippen molar-refractivity contribution in [2.45, 2.75) is 4.90 Å². The number of ketones is 2. The van der Waals surface area contributed by atoms with Gasteiger partial charge in [-0.2, -0.15) is 8.42 Å². The van der Waals surface area contributed by atoms with E-state index in [4.69, 9.17) is 5.73 Å². The van der Waals surface area contributed by atoms with Crippen LogP contribution in [0.3, 0.4) is 0 Å². The van der Waals surface area contributed by atoms with Crippen molar-refractivity contribution >= 4 is 74.3 Å². The van der Waals surface area contributed by atoms with Crippen LogP contribution in [0.4, 0.5) is 17.1 Å². The molecular formula is C21H15N2NaO7S. The van der Waals surface area contributed by atoms with Crippen LogP contribution < -0.4 is 11.1 Å². The standard InChI is InChI=1S/C21H14N2O7S.Na.H/c22-18-15(31(28,29)30)9-14(23-11-5-3-4-10(8-11)21(26)27)16-17(18)20(25)13-7-2-1-6-12(13)19(16)24;;/h1-9,23H,22H2,(H,26,27)(H,28,29,30);;. The van der Waals surface area contributed by atoms with Gasteiger partial charge in [-0.3, -0.25) is 14.1 Å². The number of anilines is 3. The number of hydrogen-bond acceptors (Lipinski definition) is 7. The number of nitrogen functional groups attached to an aromatic ring is 1. The number of aromatic carboxylic acids is 1. The molecule has 0 aromatic heterocycles. The fraction of sp³-hybridized carbons (Fsp3) is 0. The Kier molecular flexibility index (Phi) is 6.27. The summed E-state index contributed by atoms with van der Waals surface area (Å²) >= 11 is 0. The Morgan fingerprint density at radius 1 is 0.906 bits per heavy atom. The average molecular weight is 462 g/mol. The van der Waals surface area contributed by atoms with Crippen LogP contribution in [0, 0.1) is 0 Å². The van der Waals surface area contributed by atoms with Crippen molar-refractivity contribution in [2.24, 2.45) is 0 Å². The molecule has 1 aliphatic rings. The van der Waals surface area contributed by atoms with Gasteiger partial charge in [-0.25, -0.2) is 4.79 Å². The molecule has 0 saturated heterocycles. The Hall–Kier alpha value is -3.02. The number of hydrogen-bond donors (Lipinski definition) is 4. The molecule has 0 amide bonds. The van der Waals surface area contributed by atoms with E-state index in [-0.39, 0.29) is 68.7 Å². The van der Waals surface area contributed by atoms with Gasteiger partial charge >= 0.3 is 35.5 Å². The fourth-order valence-corrected chi connectivity index (χ4v) is 4.14. The van der Waals surface area contributed by atoms with Crippen LogP contribution in [0.5, 0.6) is 0 Å². The molecule has 9 nitrogen and oxygen atoms in total. The van der Waals surface area contributed by atoms with Crippen LogP contribution >= 0.6 is 0 Å². The predicted octanol–water partition coefficient (Wildman–Crippen LogP) is 2.08. The quantitative estimate of drug-likeness (QED) is 0.202. The van der Waals surface area contributed by atoms with Gasteiger partial charge < -0.3 is 16.2 Å². The first kappa shape index (κ1) is 23.6. The van der Waals surface area contributed by atoms with Crippen molar-refractivity contribution in [3.05, 3.63) is 82.4 Å². The van der Waals surface area contributed by atoms with Gasteiger partial charge in [0.15, 0.2) is 11.6 Å². The summed E-state index contributed by atoms with van der Waals surface area (Å²) in [5.74, 6) is -2.44. The van der Waals surface area contributed by atoms with E-state index in [1.165, 1.54) is 36.4 Å². The Balaban J connectivity index is 0.00000289. The molecule has 11 heteroatoms. The molecule has 0 fully saturated rings. The van der Waals surface area contributed by atoms with E-state index < -0.39 is 38.2 Å². The van der Waals surface area contributed by atoms with E-state index in [1.54, 1.807) is 12.1 Å². The molecular weight excluding hydrogens is 447 g/mol. The molecule has 0 heterocycles. The van der Waals surface area contributed by atoms with Crippen molar-refractivity contribution in [3.63, 3.8) is 0 Å². The van der Waals surface area contributed by atoms with Gasteiger partial charge in [0.2, 0.25) is 0 Å². The Morgan fingerprint density at radius 2 is 1.50 bits per heavy atom. The van der Waals surface area contributed by atoms with Gasteiger partial charge in [0, 0.05) is 16.8 Å². The minimum absolute atomic E-state index is 0. The Bertz CT molecular complexity index is 1420. The molecule has 0 spiro atoms. The monoisotopic (exact) mass is 462 g/mol. The normalized spacial score (nSPS) is 12.4. The Morgan fingerprint density at radius 3 is 2.06 bits per heavy atom. The molecule has 0 atom stereocenters. The van der Waals surface area contributed by atoms with Crippen molar-refractivity contribution in [2.75, 3.05) is 11.1 Å². The number of carboxylic acid groups (broad SMARTS) is 1. The van der Waals surface area contributed by atoms with E-state index in [0.29, 0.717) is 0 Å². The van der Waals surface area contributed by atoms with Crippen LogP contribution in [-0.2, 0) is 10.1 Å². The van der Waals surface area contributed by atoms with Gasteiger partial charge in [0.1, 0.15) is 4.90 Å². The van der Waals surface area contributed by atoms with Crippen LogP contribution in [0.1, 0.15) is 42.2 Å². The van der Waals surface area contributed by atoms with Crippen LogP contribution in [0.25, 0.3) is 0 Å². The molecule has 0 unspecified atom stereocenters. The zero-order valence-corrected chi connectivity index (χ0v) is 16.4. The molecule has 1 aliphatic carbocycles. The van der Waals surface area contributed by atoms with Gasteiger partial charge in [0.05, 0.1) is 28.1 Å². The predicted molar refractivity (Wildman–Crippen MR) is 118 cm³/mol. The number of rotatable bonds is 4. The van der Waals surface area contributed by atoms with E-state index >= 15 is 0 Å². The summed E-state index contributed by atoms with van der Waals surface area (Å²) in [5.41, 5.74) is 5.04. The summed E-state index contributed by atoms with van der Waals surface area (Å²) in [7, 11) is -4.84. The summed E-state index contributed by atoms with van der Waals surface area (Å²) in [5, 5.41) is 12.0. The van der Waals surface area contributed by atoms with E-state index in [2.05, 4.69) is 5.32 Å². The number of nitrogens with one attached hydrogen (secondary N) is 1. The van der Waals surface area contributed by atoms with Crippen molar-refractivity contribution in [3.8, 4) is 0 Å². The van der Waals surface area contributed by atoms with E-state index in [1.807, 2.05) is 0 Å². The number of carbonyl (C=O) groups is 3. The number of carboxylic acids is 1. The van der Waals surface area contributed by atoms with Crippen molar-refractivity contribution < 1.29 is 32.5 Å². The number of benzene rings is 3. The SMILES string of the molecule is Nc1c(S(=O)(=O)O)cc(Nc2cccc(C(=O)O)c2)c2c1C(=O)c1ccccc1C2=O.[NaH]. The molecule has 158 valence electrons. The van der Waals surface area contributed by atoms with Crippen LogP contribution in [0.2, 0.25) is 0 Å². The first-order chi connectivity index (χ1) is 14.6. The zero-order valence-electron chi connectivity index (χ0n) is 15.6. The third kappa shape index (κ3) is 3.94. The molecule has 3 aromatic rings. The molecule has 0 radical (unpaired) electrons. The maximum atomic E-state index is 13.2. The molecule has 32 heavy (non-hydrogen) atoms. The molecule has 5 N–H and O–H groups in total. The second-order valence-corrected chi connectivity index (χ2v) is 8.17. The molecule has 3 aromatic carbocycles. The third-order valence-corrected chi connectivity index (χ3v) is 5.76. The van der Waals surface area contributed by atoms with E-state index in [0.717, 1.165) is 6.07 Å². The summed E-state index contributed by atoms with van der Waals surface area (Å²) < 4.78 is 33.4. The molecule has 0 bridgehead atoms. The molecule has 0 saturated carbocycles.